The molecule has 1 aliphatic rings. The number of carbonyl (C=O) groups excluding carboxylic acids is 2. The summed E-state index contributed by atoms with van der Waals surface area (Å²) < 4.78 is 22.5. The second-order valence-corrected chi connectivity index (χ2v) is 10.2. The summed E-state index contributed by atoms with van der Waals surface area (Å²) in [6.07, 6.45) is 1.41. The van der Waals surface area contributed by atoms with Crippen LogP contribution >= 0.6 is 11.3 Å². The topological polar surface area (TPSA) is 98.8 Å². The Morgan fingerprint density at radius 1 is 1.24 bits per heavy atom. The van der Waals surface area contributed by atoms with Gasteiger partial charge in [0.1, 0.15) is 17.2 Å². The van der Waals surface area contributed by atoms with Gasteiger partial charge in [0.25, 0.3) is 5.56 Å². The van der Waals surface area contributed by atoms with Gasteiger partial charge >= 0.3 is 5.97 Å². The lowest BCUT2D eigenvalue weighted by atomic mass is 9.98. The molecule has 1 amide bonds. The quantitative estimate of drug-likeness (QED) is 0.348. The van der Waals surface area contributed by atoms with Crippen molar-refractivity contribution in [2.75, 3.05) is 19.7 Å². The molecule has 4 heterocycles. The van der Waals surface area contributed by atoms with Crippen LogP contribution in [0.15, 0.2) is 40.5 Å². The van der Waals surface area contributed by atoms with Crippen LogP contribution in [0.2, 0.25) is 0 Å². The molecule has 0 spiro atoms. The van der Waals surface area contributed by atoms with Gasteiger partial charge in [0.2, 0.25) is 5.91 Å². The Hall–Kier alpha value is -3.86. The molecule has 1 saturated heterocycles. The Kier molecular flexibility index (Phi) is 7.11. The van der Waals surface area contributed by atoms with Crippen molar-refractivity contribution in [2.24, 2.45) is 5.92 Å². The minimum absolute atomic E-state index is 0.00231. The van der Waals surface area contributed by atoms with Gasteiger partial charge in [-0.2, -0.15) is 5.10 Å². The van der Waals surface area contributed by atoms with Gasteiger partial charge in [-0.1, -0.05) is 12.1 Å². The van der Waals surface area contributed by atoms with Crippen LogP contribution in [0.1, 0.15) is 36.8 Å². The Bertz CT molecular complexity index is 1590. The number of thiazole rings is 1. The Balaban J connectivity index is 1.47. The zero-order valence-electron chi connectivity index (χ0n) is 21.4. The summed E-state index contributed by atoms with van der Waals surface area (Å²) in [5.41, 5.74) is 2.32. The van der Waals surface area contributed by atoms with Crippen LogP contribution in [-0.4, -0.2) is 55.6 Å². The second-order valence-electron chi connectivity index (χ2n) is 9.36. The molecule has 38 heavy (non-hydrogen) atoms. The van der Waals surface area contributed by atoms with E-state index >= 15 is 0 Å². The predicted octanol–water partition coefficient (Wildman–Crippen LogP) is 3.71. The number of aryl methyl sites for hydroxylation is 2. The molecule has 4 aromatic rings. The first kappa shape index (κ1) is 25.8. The van der Waals surface area contributed by atoms with Crippen LogP contribution in [0.25, 0.3) is 21.9 Å². The smallest absolute Gasteiger partial charge is 0.310 e. The Labute approximate surface area is 222 Å². The van der Waals surface area contributed by atoms with Crippen LogP contribution < -0.4 is 5.56 Å². The van der Waals surface area contributed by atoms with E-state index in [-0.39, 0.29) is 35.5 Å². The highest BCUT2D eigenvalue weighted by Gasteiger charge is 2.30. The zero-order valence-corrected chi connectivity index (χ0v) is 22.3. The molecule has 0 aliphatic carbocycles. The number of halogens is 1. The zero-order chi connectivity index (χ0) is 27.0. The van der Waals surface area contributed by atoms with E-state index in [4.69, 9.17) is 4.74 Å². The minimum atomic E-state index is -0.422. The molecule has 0 N–H and O–H groups in total. The third kappa shape index (κ3) is 4.73. The predicted molar refractivity (Wildman–Crippen MR) is 141 cm³/mol. The third-order valence-corrected chi connectivity index (χ3v) is 7.65. The molecule has 9 nitrogen and oxygen atoms in total. The molecule has 1 aromatic carbocycles. The summed E-state index contributed by atoms with van der Waals surface area (Å²) in [5.74, 6) is -1.20. The summed E-state index contributed by atoms with van der Waals surface area (Å²) in [6.45, 7) is 6.46. The highest BCUT2D eigenvalue weighted by molar-refractivity contribution is 7.15. The first-order valence-electron chi connectivity index (χ1n) is 12.5. The van der Waals surface area contributed by atoms with Gasteiger partial charge in [-0.05, 0) is 51.8 Å². The Morgan fingerprint density at radius 3 is 2.79 bits per heavy atom. The van der Waals surface area contributed by atoms with Gasteiger partial charge in [0.05, 0.1) is 30.2 Å². The largest absolute Gasteiger partial charge is 0.466 e. The molecule has 3 aromatic heterocycles. The number of aromatic nitrogens is 4. The number of likely N-dealkylation sites (tertiary alicyclic amines) is 1. The molecule has 198 valence electrons. The van der Waals surface area contributed by atoms with Crippen molar-refractivity contribution >= 4 is 28.2 Å². The molecule has 1 atom stereocenters. The number of hydrogen-bond acceptors (Lipinski definition) is 7. The average molecular weight is 538 g/mol. The molecule has 5 rings (SSSR count). The standard InChI is InChI=1S/C27H28FN5O4S/c1-4-37-26(36)18-8-7-11-31(14-18)23(34)13-19-15-38-27-29-17(3)24(25(35)32(19)27)21-12-16(2)33(30-21)22-10-6-5-9-20(22)28/h5-6,9-10,12,15,18H,4,7-8,11,13-14H2,1-3H3/t18-/m0/s1. The second kappa shape index (κ2) is 10.5. The van der Waals surface area contributed by atoms with E-state index in [9.17, 15) is 18.8 Å². The van der Waals surface area contributed by atoms with Crippen molar-refractivity contribution in [3.63, 3.8) is 0 Å². The molecule has 1 fully saturated rings. The van der Waals surface area contributed by atoms with Crippen molar-refractivity contribution in [1.82, 2.24) is 24.1 Å². The number of amides is 1. The molecular weight excluding hydrogens is 509 g/mol. The molecule has 0 saturated carbocycles. The summed E-state index contributed by atoms with van der Waals surface area (Å²) in [5, 5.41) is 6.30. The number of carbonyl (C=O) groups is 2. The maximum Gasteiger partial charge on any atom is 0.310 e. The van der Waals surface area contributed by atoms with Crippen molar-refractivity contribution in [2.45, 2.75) is 40.0 Å². The van der Waals surface area contributed by atoms with Gasteiger partial charge in [0.15, 0.2) is 4.96 Å². The van der Waals surface area contributed by atoms with E-state index in [1.165, 1.54) is 26.5 Å². The van der Waals surface area contributed by atoms with Crippen LogP contribution in [0.3, 0.4) is 0 Å². The fourth-order valence-corrected chi connectivity index (χ4v) is 5.84. The molecule has 0 bridgehead atoms. The number of fused-ring (bicyclic) bond motifs is 1. The van der Waals surface area contributed by atoms with Crippen molar-refractivity contribution < 1.29 is 18.7 Å². The minimum Gasteiger partial charge on any atom is -0.466 e. The average Bonchev–Trinajstić information content (AvgIpc) is 3.47. The summed E-state index contributed by atoms with van der Waals surface area (Å²) in [7, 11) is 0. The van der Waals surface area contributed by atoms with Crippen LogP contribution in [0.4, 0.5) is 4.39 Å². The number of hydrogen-bond donors (Lipinski definition) is 0. The van der Waals surface area contributed by atoms with E-state index in [1.54, 1.807) is 55.3 Å². The fourth-order valence-electron chi connectivity index (χ4n) is 4.91. The summed E-state index contributed by atoms with van der Waals surface area (Å²) in [6, 6.07) is 8.03. The molecule has 0 radical (unpaired) electrons. The Morgan fingerprint density at radius 2 is 2.03 bits per heavy atom. The van der Waals surface area contributed by atoms with Gasteiger partial charge in [-0.25, -0.2) is 14.1 Å². The highest BCUT2D eigenvalue weighted by atomic mass is 32.1. The number of rotatable bonds is 6. The third-order valence-electron chi connectivity index (χ3n) is 6.77. The number of piperidine rings is 1. The molecule has 0 unspecified atom stereocenters. The summed E-state index contributed by atoms with van der Waals surface area (Å²) >= 11 is 1.29. The van der Waals surface area contributed by atoms with E-state index in [0.717, 1.165) is 0 Å². The number of esters is 1. The number of nitrogens with zero attached hydrogens (tertiary/aromatic N) is 5. The van der Waals surface area contributed by atoms with Gasteiger partial charge in [-0.15, -0.1) is 11.3 Å². The molecule has 1 aliphatic heterocycles. The first-order valence-corrected chi connectivity index (χ1v) is 13.4. The van der Waals surface area contributed by atoms with Crippen LogP contribution in [0, 0.1) is 25.6 Å². The van der Waals surface area contributed by atoms with Gasteiger partial charge in [-0.3, -0.25) is 18.8 Å². The lowest BCUT2D eigenvalue weighted by molar-refractivity contribution is -0.151. The number of para-hydroxylation sites is 1. The first-order chi connectivity index (χ1) is 18.3. The van der Waals surface area contributed by atoms with Crippen molar-refractivity contribution in [3.05, 3.63) is 69.0 Å². The maximum absolute atomic E-state index is 14.4. The fraction of sp³-hybridized carbons (Fsp3) is 0.370. The lowest BCUT2D eigenvalue weighted by Gasteiger charge is -2.31. The van der Waals surface area contributed by atoms with Crippen molar-refractivity contribution in [3.8, 4) is 16.9 Å². The van der Waals surface area contributed by atoms with Gasteiger partial charge < -0.3 is 9.64 Å². The van der Waals surface area contributed by atoms with Crippen LogP contribution in [-0.2, 0) is 20.7 Å². The maximum atomic E-state index is 14.4. The van der Waals surface area contributed by atoms with E-state index in [1.807, 2.05) is 0 Å². The van der Waals surface area contributed by atoms with Crippen LogP contribution in [0.5, 0.6) is 0 Å². The summed E-state index contributed by atoms with van der Waals surface area (Å²) in [4.78, 5) is 45.9. The van der Waals surface area contributed by atoms with E-state index in [2.05, 4.69) is 10.1 Å². The highest BCUT2D eigenvalue weighted by Crippen LogP contribution is 2.25. The monoisotopic (exact) mass is 537 g/mol. The van der Waals surface area contributed by atoms with E-state index in [0.29, 0.717) is 65.8 Å². The number of ether oxygens (including phenoxy) is 1. The normalized spacial score (nSPS) is 15.7. The van der Waals surface area contributed by atoms with Crippen molar-refractivity contribution in [1.29, 1.82) is 0 Å². The number of benzene rings is 1. The van der Waals surface area contributed by atoms with E-state index < -0.39 is 5.82 Å². The molecular formula is C27H28FN5O4S. The molecule has 11 heteroatoms. The van der Waals surface area contributed by atoms with Gasteiger partial charge in [0, 0.05) is 29.9 Å². The SMILES string of the molecule is CCOC(=O)[C@H]1CCCN(C(=O)Cc2csc3nc(C)c(-c4cc(C)n(-c5ccccc5F)n4)c(=O)n23)C1. The lowest BCUT2D eigenvalue weighted by Crippen LogP contribution is -2.43.